The van der Waals surface area contributed by atoms with Crippen LogP contribution in [0.25, 0.3) is 11.2 Å². The summed E-state index contributed by atoms with van der Waals surface area (Å²) in [5, 5.41) is 12.0. The number of rotatable bonds is 5. The molecule has 134 valence electrons. The number of carboxylic acids is 1. The van der Waals surface area contributed by atoms with Crippen molar-refractivity contribution in [3.63, 3.8) is 0 Å². The number of nitrogens with one attached hydrogen (secondary N) is 1. The van der Waals surface area contributed by atoms with E-state index in [0.717, 1.165) is 5.69 Å². The summed E-state index contributed by atoms with van der Waals surface area (Å²) in [7, 11) is 3.60. The molecule has 0 spiro atoms. The highest BCUT2D eigenvalue weighted by Crippen LogP contribution is 2.23. The first-order chi connectivity index (χ1) is 12.4. The number of aromatic nitrogens is 4. The Morgan fingerprint density at radius 3 is 2.46 bits per heavy atom. The summed E-state index contributed by atoms with van der Waals surface area (Å²) in [5.74, 6) is -0.220. The summed E-state index contributed by atoms with van der Waals surface area (Å²) in [6.07, 6.45) is 0. The van der Waals surface area contributed by atoms with Gasteiger partial charge in [0.2, 0.25) is 5.95 Å². The van der Waals surface area contributed by atoms with Gasteiger partial charge in [-0.25, -0.2) is 14.8 Å². The van der Waals surface area contributed by atoms with Crippen molar-refractivity contribution in [3.05, 3.63) is 35.5 Å². The molecule has 0 saturated heterocycles. The lowest BCUT2D eigenvalue weighted by Crippen LogP contribution is -2.19. The van der Waals surface area contributed by atoms with Crippen LogP contribution in [-0.4, -0.2) is 45.1 Å². The van der Waals surface area contributed by atoms with Gasteiger partial charge in [0.05, 0.1) is 12.1 Å². The molecule has 10 heteroatoms. The van der Waals surface area contributed by atoms with Crippen LogP contribution < -0.4 is 21.7 Å². The van der Waals surface area contributed by atoms with Gasteiger partial charge in [-0.2, -0.15) is 9.97 Å². The molecule has 26 heavy (non-hydrogen) atoms. The normalized spacial score (nSPS) is 10.7. The van der Waals surface area contributed by atoms with Crippen LogP contribution in [0.3, 0.4) is 0 Å². The third kappa shape index (κ3) is 3.24. The number of aromatic carboxylic acids is 1. The largest absolute Gasteiger partial charge is 0.478 e. The van der Waals surface area contributed by atoms with Crippen LogP contribution in [0.4, 0.5) is 23.3 Å². The molecule has 0 aliphatic rings. The second-order valence-corrected chi connectivity index (χ2v) is 5.62. The number of hydrogen-bond donors (Lipinski definition) is 4. The summed E-state index contributed by atoms with van der Waals surface area (Å²) in [5.41, 5.74) is 13.9. The number of nitrogens with two attached hydrogens (primary N) is 2. The van der Waals surface area contributed by atoms with Crippen molar-refractivity contribution < 1.29 is 9.90 Å². The van der Waals surface area contributed by atoms with Gasteiger partial charge < -0.3 is 26.8 Å². The topological polar surface area (TPSA) is 156 Å². The fraction of sp³-hybridized carbons (Fsp3) is 0.188. The molecule has 2 aromatic heterocycles. The van der Waals surface area contributed by atoms with E-state index in [2.05, 4.69) is 25.3 Å². The standard InChI is InChI=1S/C16H18N8O2/c1-19-13-10(20-11-12(17)21-16(18)23-14(11)22-13)7-24(2)9-5-3-8(4-6-9)15(25)26/h3-6H,7H2,1-2H3,(H,25,26)(H5,17,18,19,21,22,23). The number of nitrogen functional groups attached to an aromatic ring is 2. The predicted octanol–water partition coefficient (Wildman–Crippen LogP) is 0.960. The molecule has 0 aliphatic heterocycles. The molecule has 3 aromatic rings. The molecule has 10 nitrogen and oxygen atoms in total. The molecule has 0 amide bonds. The second-order valence-electron chi connectivity index (χ2n) is 5.62. The van der Waals surface area contributed by atoms with E-state index >= 15 is 0 Å². The molecular weight excluding hydrogens is 336 g/mol. The maximum Gasteiger partial charge on any atom is 0.335 e. The van der Waals surface area contributed by atoms with Gasteiger partial charge in [-0.15, -0.1) is 0 Å². The van der Waals surface area contributed by atoms with Gasteiger partial charge in [-0.05, 0) is 24.3 Å². The van der Waals surface area contributed by atoms with Crippen molar-refractivity contribution in [2.24, 2.45) is 0 Å². The molecule has 2 heterocycles. The van der Waals surface area contributed by atoms with Crippen LogP contribution in [-0.2, 0) is 6.54 Å². The van der Waals surface area contributed by atoms with Crippen molar-refractivity contribution in [1.29, 1.82) is 0 Å². The molecule has 1 aromatic carbocycles. The van der Waals surface area contributed by atoms with Gasteiger partial charge in [0.1, 0.15) is 5.69 Å². The van der Waals surface area contributed by atoms with E-state index in [1.165, 1.54) is 0 Å². The first-order valence-corrected chi connectivity index (χ1v) is 7.71. The maximum atomic E-state index is 11.0. The summed E-state index contributed by atoms with van der Waals surface area (Å²) in [6.45, 7) is 0.412. The number of benzene rings is 1. The summed E-state index contributed by atoms with van der Waals surface area (Å²) in [6, 6.07) is 6.56. The van der Waals surface area contributed by atoms with E-state index in [4.69, 9.17) is 16.6 Å². The number of nitrogens with zero attached hydrogens (tertiary/aromatic N) is 5. The molecule has 3 rings (SSSR count). The van der Waals surface area contributed by atoms with E-state index in [1.54, 1.807) is 31.3 Å². The minimum absolute atomic E-state index is 0.0368. The van der Waals surface area contributed by atoms with Gasteiger partial charge in [0, 0.05) is 19.8 Å². The highest BCUT2D eigenvalue weighted by Gasteiger charge is 2.15. The third-order valence-corrected chi connectivity index (χ3v) is 3.83. The first-order valence-electron chi connectivity index (χ1n) is 7.71. The Morgan fingerprint density at radius 2 is 1.85 bits per heavy atom. The Labute approximate surface area is 148 Å². The number of carboxylic acid groups (broad SMARTS) is 1. The van der Waals surface area contributed by atoms with Gasteiger partial charge in [0.15, 0.2) is 22.8 Å². The molecule has 6 N–H and O–H groups in total. The zero-order valence-electron chi connectivity index (χ0n) is 14.3. The second kappa shape index (κ2) is 6.67. The molecule has 0 bridgehead atoms. The Bertz CT molecular complexity index is 974. The fourth-order valence-electron chi connectivity index (χ4n) is 2.51. The van der Waals surface area contributed by atoms with Crippen molar-refractivity contribution in [2.45, 2.75) is 6.54 Å². The van der Waals surface area contributed by atoms with Crippen LogP contribution in [0, 0.1) is 0 Å². The van der Waals surface area contributed by atoms with E-state index in [0.29, 0.717) is 29.2 Å². The number of hydrogen-bond acceptors (Lipinski definition) is 9. The summed E-state index contributed by atoms with van der Waals surface area (Å²) >= 11 is 0. The average molecular weight is 354 g/mol. The van der Waals surface area contributed by atoms with Crippen LogP contribution in [0.5, 0.6) is 0 Å². The predicted molar refractivity (Wildman–Crippen MR) is 99.0 cm³/mol. The van der Waals surface area contributed by atoms with Gasteiger partial charge in [0.25, 0.3) is 0 Å². The lowest BCUT2D eigenvalue weighted by molar-refractivity contribution is 0.0697. The molecule has 0 aliphatic carbocycles. The van der Waals surface area contributed by atoms with Crippen LogP contribution in [0.15, 0.2) is 24.3 Å². The number of fused-ring (bicyclic) bond motifs is 1. The average Bonchev–Trinajstić information content (AvgIpc) is 2.61. The molecule has 0 atom stereocenters. The molecule has 0 fully saturated rings. The Kier molecular flexibility index (Phi) is 4.40. The van der Waals surface area contributed by atoms with Crippen molar-refractivity contribution in [1.82, 2.24) is 19.9 Å². The van der Waals surface area contributed by atoms with Crippen LogP contribution >= 0.6 is 0 Å². The summed E-state index contributed by atoms with van der Waals surface area (Å²) < 4.78 is 0. The number of anilines is 4. The summed E-state index contributed by atoms with van der Waals surface area (Å²) in [4.78, 5) is 29.8. The van der Waals surface area contributed by atoms with Gasteiger partial charge in [-0.1, -0.05) is 0 Å². The van der Waals surface area contributed by atoms with Crippen molar-refractivity contribution >= 4 is 40.4 Å². The zero-order valence-corrected chi connectivity index (χ0v) is 14.3. The molecule has 0 unspecified atom stereocenters. The Balaban J connectivity index is 1.95. The lowest BCUT2D eigenvalue weighted by Gasteiger charge is -2.20. The molecular formula is C16H18N8O2. The first kappa shape index (κ1) is 17.1. The highest BCUT2D eigenvalue weighted by molar-refractivity contribution is 5.88. The van der Waals surface area contributed by atoms with E-state index in [-0.39, 0.29) is 17.3 Å². The van der Waals surface area contributed by atoms with E-state index in [9.17, 15) is 4.79 Å². The Morgan fingerprint density at radius 1 is 1.15 bits per heavy atom. The van der Waals surface area contributed by atoms with Crippen molar-refractivity contribution in [3.8, 4) is 0 Å². The number of carbonyl (C=O) groups is 1. The molecule has 0 radical (unpaired) electrons. The van der Waals surface area contributed by atoms with Crippen molar-refractivity contribution in [2.75, 3.05) is 35.8 Å². The highest BCUT2D eigenvalue weighted by atomic mass is 16.4. The van der Waals surface area contributed by atoms with E-state index in [1.807, 2.05) is 11.9 Å². The monoisotopic (exact) mass is 354 g/mol. The van der Waals surface area contributed by atoms with E-state index < -0.39 is 5.97 Å². The lowest BCUT2D eigenvalue weighted by atomic mass is 10.2. The van der Waals surface area contributed by atoms with Gasteiger partial charge in [-0.3, -0.25) is 0 Å². The maximum absolute atomic E-state index is 11.0. The molecule has 0 saturated carbocycles. The Hall–Kier alpha value is -3.69. The SMILES string of the molecule is CNc1nc2nc(N)nc(N)c2nc1CN(C)c1ccc(C(=O)O)cc1. The zero-order chi connectivity index (χ0) is 18.8. The van der Waals surface area contributed by atoms with Crippen LogP contribution in [0.2, 0.25) is 0 Å². The quantitative estimate of drug-likeness (QED) is 0.520. The van der Waals surface area contributed by atoms with Gasteiger partial charge >= 0.3 is 5.97 Å². The smallest absolute Gasteiger partial charge is 0.335 e. The third-order valence-electron chi connectivity index (χ3n) is 3.83. The van der Waals surface area contributed by atoms with Crippen LogP contribution in [0.1, 0.15) is 16.1 Å². The minimum atomic E-state index is -0.966. The fourth-order valence-corrected chi connectivity index (χ4v) is 2.51. The minimum Gasteiger partial charge on any atom is -0.478 e.